The summed E-state index contributed by atoms with van der Waals surface area (Å²) in [7, 11) is 1.76. The predicted molar refractivity (Wildman–Crippen MR) is 115 cm³/mol. The van der Waals surface area contributed by atoms with Gasteiger partial charge in [0.05, 0.1) is 11.5 Å². The van der Waals surface area contributed by atoms with Crippen LogP contribution in [0.2, 0.25) is 0 Å². The van der Waals surface area contributed by atoms with Gasteiger partial charge in [-0.05, 0) is 50.3 Å². The van der Waals surface area contributed by atoms with E-state index in [2.05, 4.69) is 0 Å². The highest BCUT2D eigenvalue weighted by Gasteiger charge is 2.21. The Morgan fingerprint density at radius 2 is 2.04 bits per heavy atom. The summed E-state index contributed by atoms with van der Waals surface area (Å²) >= 11 is 3.05. The van der Waals surface area contributed by atoms with Gasteiger partial charge < -0.3 is 9.84 Å². The normalized spacial score (nSPS) is 14.8. The third-order valence-electron chi connectivity index (χ3n) is 5.02. The van der Waals surface area contributed by atoms with Gasteiger partial charge in [-0.2, -0.15) is 0 Å². The number of benzene rings is 1. The van der Waals surface area contributed by atoms with Crippen LogP contribution in [0.1, 0.15) is 28.8 Å². The topological polar surface area (TPSA) is 64.3 Å². The maximum Gasteiger partial charge on any atom is 0.262 e. The van der Waals surface area contributed by atoms with E-state index >= 15 is 0 Å². The van der Waals surface area contributed by atoms with Gasteiger partial charge in [0.2, 0.25) is 0 Å². The van der Waals surface area contributed by atoms with Gasteiger partial charge in [-0.25, -0.2) is 4.98 Å². The average Bonchev–Trinajstić information content (AvgIpc) is 3.07. The molecule has 0 amide bonds. The first-order chi connectivity index (χ1) is 13.5. The zero-order valence-electron chi connectivity index (χ0n) is 16.1. The van der Waals surface area contributed by atoms with Gasteiger partial charge >= 0.3 is 0 Å². The van der Waals surface area contributed by atoms with Crippen molar-refractivity contribution >= 4 is 33.3 Å². The second-order valence-electron chi connectivity index (χ2n) is 7.24. The van der Waals surface area contributed by atoms with Crippen molar-refractivity contribution in [2.45, 2.75) is 43.9 Å². The van der Waals surface area contributed by atoms with Crippen LogP contribution in [0.3, 0.4) is 0 Å². The lowest BCUT2D eigenvalue weighted by Gasteiger charge is -2.13. The second kappa shape index (κ2) is 8.27. The third-order valence-corrected chi connectivity index (χ3v) is 7.38. The Morgan fingerprint density at radius 1 is 1.29 bits per heavy atom. The molecule has 4 rings (SSSR count). The minimum atomic E-state index is -0.643. The summed E-state index contributed by atoms with van der Waals surface area (Å²) in [6.07, 6.45) is 3.72. The Kier molecular flexibility index (Phi) is 5.75. The molecule has 0 spiro atoms. The predicted octanol–water partition coefficient (Wildman–Crippen LogP) is 3.71. The Labute approximate surface area is 172 Å². The fourth-order valence-electron chi connectivity index (χ4n) is 3.44. The van der Waals surface area contributed by atoms with E-state index in [1.807, 2.05) is 31.2 Å². The largest absolute Gasteiger partial charge is 0.491 e. The molecule has 2 heterocycles. The number of hydrogen-bond donors (Lipinski definition) is 1. The lowest BCUT2D eigenvalue weighted by atomic mass is 9.97. The van der Waals surface area contributed by atoms with Gasteiger partial charge in [-0.15, -0.1) is 11.3 Å². The lowest BCUT2D eigenvalue weighted by Crippen LogP contribution is -2.23. The van der Waals surface area contributed by atoms with Crippen LogP contribution in [0.4, 0.5) is 0 Å². The van der Waals surface area contributed by atoms with Crippen LogP contribution in [0.25, 0.3) is 10.2 Å². The van der Waals surface area contributed by atoms with Crippen LogP contribution in [-0.4, -0.2) is 33.1 Å². The van der Waals surface area contributed by atoms with E-state index < -0.39 is 6.10 Å². The lowest BCUT2D eigenvalue weighted by molar-refractivity contribution is 0.126. The molecule has 0 radical (unpaired) electrons. The fraction of sp³-hybridized carbons (Fsp3) is 0.429. The number of aryl methyl sites for hydroxylation is 3. The smallest absolute Gasteiger partial charge is 0.262 e. The van der Waals surface area contributed by atoms with Gasteiger partial charge in [0.25, 0.3) is 5.56 Å². The molecule has 0 unspecified atom stereocenters. The zero-order chi connectivity index (χ0) is 19.7. The number of ether oxygens (including phenoxy) is 1. The number of fused-ring (bicyclic) bond motifs is 3. The molecular formula is C21H24N2O3S2. The van der Waals surface area contributed by atoms with Crippen molar-refractivity contribution in [2.75, 3.05) is 12.4 Å². The molecule has 1 N–H and O–H groups in total. The van der Waals surface area contributed by atoms with E-state index in [4.69, 9.17) is 9.72 Å². The Balaban J connectivity index is 1.45. The molecule has 28 heavy (non-hydrogen) atoms. The molecule has 1 aliphatic rings. The SMILES string of the molecule is Cc1ccc(OC[C@H](O)CSc2nc3sc4c(c3c(=O)n2C)CCCC4)cc1. The first-order valence-corrected chi connectivity index (χ1v) is 11.3. The number of thioether (sulfide) groups is 1. The second-order valence-corrected chi connectivity index (χ2v) is 9.31. The van der Waals surface area contributed by atoms with Crippen LogP contribution in [0, 0.1) is 6.92 Å². The molecule has 2 aromatic heterocycles. The first-order valence-electron chi connectivity index (χ1n) is 9.54. The maximum absolute atomic E-state index is 12.9. The molecule has 0 bridgehead atoms. The van der Waals surface area contributed by atoms with Crippen molar-refractivity contribution < 1.29 is 9.84 Å². The van der Waals surface area contributed by atoms with Crippen molar-refractivity contribution in [1.82, 2.24) is 9.55 Å². The molecule has 0 saturated heterocycles. The van der Waals surface area contributed by atoms with Crippen molar-refractivity contribution in [2.24, 2.45) is 7.05 Å². The van der Waals surface area contributed by atoms with Crippen LogP contribution >= 0.6 is 23.1 Å². The third kappa shape index (κ3) is 3.97. The standard InChI is InChI=1S/C21H24N2O3S2/c1-13-7-9-15(10-8-13)26-11-14(24)12-27-21-22-19-18(20(25)23(21)2)16-5-3-4-6-17(16)28-19/h7-10,14,24H,3-6,11-12H2,1-2H3/t14-/m0/s1. The van der Waals surface area contributed by atoms with E-state index in [-0.39, 0.29) is 12.2 Å². The number of aromatic nitrogens is 2. The maximum atomic E-state index is 12.9. The number of hydrogen-bond acceptors (Lipinski definition) is 6. The molecule has 1 aliphatic carbocycles. The summed E-state index contributed by atoms with van der Waals surface area (Å²) < 4.78 is 7.25. The van der Waals surface area contributed by atoms with E-state index in [1.165, 1.54) is 34.2 Å². The minimum Gasteiger partial charge on any atom is -0.491 e. The minimum absolute atomic E-state index is 0.0253. The molecule has 148 valence electrons. The van der Waals surface area contributed by atoms with E-state index in [1.54, 1.807) is 23.0 Å². The summed E-state index contributed by atoms with van der Waals surface area (Å²) in [5.41, 5.74) is 2.40. The van der Waals surface area contributed by atoms with Crippen LogP contribution < -0.4 is 10.3 Å². The summed E-state index contributed by atoms with van der Waals surface area (Å²) in [4.78, 5) is 19.8. The average molecular weight is 417 g/mol. The van der Waals surface area contributed by atoms with Crippen molar-refractivity contribution in [3.63, 3.8) is 0 Å². The highest BCUT2D eigenvalue weighted by Crippen LogP contribution is 2.34. The van der Waals surface area contributed by atoms with Crippen molar-refractivity contribution in [1.29, 1.82) is 0 Å². The molecule has 1 aromatic carbocycles. The van der Waals surface area contributed by atoms with Gasteiger partial charge in [0, 0.05) is 17.7 Å². The molecule has 3 aromatic rings. The molecule has 5 nitrogen and oxygen atoms in total. The molecule has 0 fully saturated rings. The van der Waals surface area contributed by atoms with Gasteiger partial charge in [0.1, 0.15) is 17.2 Å². The molecule has 7 heteroatoms. The van der Waals surface area contributed by atoms with E-state index in [0.717, 1.165) is 35.2 Å². The fourth-order valence-corrected chi connectivity index (χ4v) is 5.62. The van der Waals surface area contributed by atoms with Crippen molar-refractivity contribution in [3.8, 4) is 5.75 Å². The Hall–Kier alpha value is -1.83. The Bertz CT molecular complexity index is 1040. The van der Waals surface area contributed by atoms with E-state index in [9.17, 15) is 9.90 Å². The van der Waals surface area contributed by atoms with Crippen LogP contribution in [0.5, 0.6) is 5.75 Å². The van der Waals surface area contributed by atoms with Gasteiger partial charge in [-0.1, -0.05) is 29.5 Å². The van der Waals surface area contributed by atoms with Crippen LogP contribution in [0.15, 0.2) is 34.2 Å². The monoisotopic (exact) mass is 416 g/mol. The summed E-state index contributed by atoms with van der Waals surface area (Å²) in [6, 6.07) is 7.75. The Morgan fingerprint density at radius 3 is 2.82 bits per heavy atom. The van der Waals surface area contributed by atoms with E-state index in [0.29, 0.717) is 10.9 Å². The molecule has 0 aliphatic heterocycles. The van der Waals surface area contributed by atoms with Gasteiger partial charge in [0.15, 0.2) is 5.16 Å². The highest BCUT2D eigenvalue weighted by atomic mass is 32.2. The molecule has 0 saturated carbocycles. The first kappa shape index (κ1) is 19.5. The van der Waals surface area contributed by atoms with Gasteiger partial charge in [-0.3, -0.25) is 9.36 Å². The number of thiophene rings is 1. The summed E-state index contributed by atoms with van der Waals surface area (Å²) in [6.45, 7) is 2.23. The molecule has 1 atom stereocenters. The quantitative estimate of drug-likeness (QED) is 0.490. The number of aliphatic hydroxyl groups is 1. The highest BCUT2D eigenvalue weighted by molar-refractivity contribution is 7.99. The van der Waals surface area contributed by atoms with Crippen LogP contribution in [-0.2, 0) is 19.9 Å². The summed E-state index contributed by atoms with van der Waals surface area (Å²) in [5.74, 6) is 1.16. The summed E-state index contributed by atoms with van der Waals surface area (Å²) in [5, 5.41) is 11.7. The number of rotatable bonds is 6. The number of aliphatic hydroxyl groups excluding tert-OH is 1. The molecular weight excluding hydrogens is 392 g/mol. The zero-order valence-corrected chi connectivity index (χ0v) is 17.7. The van der Waals surface area contributed by atoms with Crippen molar-refractivity contribution in [3.05, 3.63) is 50.6 Å². The number of nitrogens with zero attached hydrogens (tertiary/aromatic N) is 2.